The van der Waals surface area contributed by atoms with E-state index in [2.05, 4.69) is 10.4 Å². The number of fused-ring (bicyclic) bond motifs is 1. The van der Waals surface area contributed by atoms with Crippen molar-refractivity contribution >= 4 is 16.7 Å². The molecule has 2 aromatic rings. The van der Waals surface area contributed by atoms with E-state index >= 15 is 0 Å². The molecule has 1 aliphatic carbocycles. The summed E-state index contributed by atoms with van der Waals surface area (Å²) >= 11 is 0. The highest BCUT2D eigenvalue weighted by molar-refractivity contribution is 5.86. The predicted molar refractivity (Wildman–Crippen MR) is 96.8 cm³/mol. The van der Waals surface area contributed by atoms with Crippen molar-refractivity contribution in [1.82, 2.24) is 15.1 Å². The Bertz CT molecular complexity index is 1020. The number of rotatable bonds is 4. The highest BCUT2D eigenvalue weighted by atomic mass is 19.4. The summed E-state index contributed by atoms with van der Waals surface area (Å²) in [5.41, 5.74) is -3.20. The lowest BCUT2D eigenvalue weighted by Gasteiger charge is -2.41. The topological polar surface area (TPSA) is 84.2 Å². The number of nitrogens with zero attached hydrogens (tertiary/aromatic N) is 2. The van der Waals surface area contributed by atoms with Gasteiger partial charge in [0.1, 0.15) is 12.4 Å². The molecule has 1 heterocycles. The lowest BCUT2D eigenvalue weighted by molar-refractivity contribution is -0.139. The first-order chi connectivity index (χ1) is 13.3. The monoisotopic (exact) mass is 415 g/mol. The molecular weight excluding hydrogens is 394 g/mol. The zero-order valence-corrected chi connectivity index (χ0v) is 16.1. The lowest BCUT2D eigenvalue weighted by Crippen LogP contribution is -2.54. The van der Waals surface area contributed by atoms with Crippen molar-refractivity contribution in [3.63, 3.8) is 0 Å². The largest absolute Gasteiger partial charge is 0.419 e. The van der Waals surface area contributed by atoms with Gasteiger partial charge in [-0.1, -0.05) is 13.8 Å². The van der Waals surface area contributed by atoms with E-state index in [1.807, 2.05) is 0 Å². The fourth-order valence-corrected chi connectivity index (χ4v) is 3.61. The van der Waals surface area contributed by atoms with E-state index in [-0.39, 0.29) is 17.1 Å². The minimum Gasteiger partial charge on any atom is -0.390 e. The van der Waals surface area contributed by atoms with E-state index in [1.165, 1.54) is 0 Å². The van der Waals surface area contributed by atoms with E-state index in [9.17, 15) is 32.3 Å². The molecule has 1 aromatic carbocycles. The summed E-state index contributed by atoms with van der Waals surface area (Å²) in [5.74, 6) is -2.56. The summed E-state index contributed by atoms with van der Waals surface area (Å²) in [7, 11) is 0. The maximum absolute atomic E-state index is 14.6. The standard InChI is InChI=1S/C19H21F4N3O3/c1-9(2)16-14-11(4-5-12(15(14)20)19(21,22)23)17(28)26(25-16)8-13(27)24-10-6-18(3,29)7-10/h4-5,9-10,29H,6-8H2,1-3H3,(H,24,27)/t10-,18+. The number of alkyl halides is 3. The Kier molecular flexibility index (Phi) is 5.18. The molecule has 0 spiro atoms. The van der Waals surface area contributed by atoms with Crippen molar-refractivity contribution in [1.29, 1.82) is 0 Å². The van der Waals surface area contributed by atoms with Gasteiger partial charge >= 0.3 is 6.18 Å². The highest BCUT2D eigenvalue weighted by Crippen LogP contribution is 2.35. The summed E-state index contributed by atoms with van der Waals surface area (Å²) in [6, 6.07) is 1.20. The number of nitrogens with one attached hydrogen (secondary N) is 1. The molecule has 0 bridgehead atoms. The zero-order chi connectivity index (χ0) is 21.7. The van der Waals surface area contributed by atoms with Gasteiger partial charge in [0.05, 0.1) is 22.2 Å². The van der Waals surface area contributed by atoms with E-state index < -0.39 is 52.5 Å². The van der Waals surface area contributed by atoms with Gasteiger partial charge in [-0.25, -0.2) is 9.07 Å². The minimum atomic E-state index is -4.91. The number of aliphatic hydroxyl groups is 1. The third-order valence-electron chi connectivity index (χ3n) is 4.97. The summed E-state index contributed by atoms with van der Waals surface area (Å²) in [4.78, 5) is 24.9. The van der Waals surface area contributed by atoms with Gasteiger partial charge in [-0.05, 0) is 37.8 Å². The van der Waals surface area contributed by atoms with Crippen molar-refractivity contribution in [2.75, 3.05) is 0 Å². The third-order valence-corrected chi connectivity index (χ3v) is 4.97. The average Bonchev–Trinajstić information content (AvgIpc) is 2.54. The van der Waals surface area contributed by atoms with E-state index in [4.69, 9.17) is 0 Å². The Hall–Kier alpha value is -2.49. The molecule has 0 aliphatic heterocycles. The fraction of sp³-hybridized carbons (Fsp3) is 0.526. The van der Waals surface area contributed by atoms with Gasteiger partial charge in [-0.2, -0.15) is 18.3 Å². The molecule has 10 heteroatoms. The molecule has 1 saturated carbocycles. The maximum atomic E-state index is 14.6. The number of amides is 1. The normalized spacial score (nSPS) is 22.0. The Morgan fingerprint density at radius 2 is 2.00 bits per heavy atom. The lowest BCUT2D eigenvalue weighted by atomic mass is 9.77. The Balaban J connectivity index is 2.01. The molecule has 0 radical (unpaired) electrons. The summed E-state index contributed by atoms with van der Waals surface area (Å²) in [5, 5.41) is 15.6. The number of benzene rings is 1. The van der Waals surface area contributed by atoms with Crippen molar-refractivity contribution in [2.45, 2.75) is 63.9 Å². The second-order valence-corrected chi connectivity index (χ2v) is 8.02. The van der Waals surface area contributed by atoms with Gasteiger partial charge in [0.15, 0.2) is 0 Å². The van der Waals surface area contributed by atoms with Gasteiger partial charge < -0.3 is 10.4 Å². The van der Waals surface area contributed by atoms with Crippen LogP contribution in [-0.2, 0) is 17.5 Å². The number of hydrogen-bond donors (Lipinski definition) is 2. The molecule has 2 N–H and O–H groups in total. The van der Waals surface area contributed by atoms with Crippen LogP contribution in [0.15, 0.2) is 16.9 Å². The van der Waals surface area contributed by atoms with Crippen LogP contribution >= 0.6 is 0 Å². The molecule has 1 aliphatic rings. The van der Waals surface area contributed by atoms with E-state index in [1.54, 1.807) is 20.8 Å². The quantitative estimate of drug-likeness (QED) is 0.753. The molecule has 0 unspecified atom stereocenters. The number of aromatic nitrogens is 2. The number of carbonyl (C=O) groups excluding carboxylic acids is 1. The Morgan fingerprint density at radius 3 is 2.52 bits per heavy atom. The first-order valence-corrected chi connectivity index (χ1v) is 9.12. The van der Waals surface area contributed by atoms with Gasteiger partial charge in [0.2, 0.25) is 5.91 Å². The second kappa shape index (κ2) is 7.08. The van der Waals surface area contributed by atoms with Crippen LogP contribution in [0.5, 0.6) is 0 Å². The smallest absolute Gasteiger partial charge is 0.390 e. The first kappa shape index (κ1) is 21.2. The third kappa shape index (κ3) is 4.12. The Labute approximate surface area is 163 Å². The second-order valence-electron chi connectivity index (χ2n) is 8.02. The molecule has 158 valence electrons. The van der Waals surface area contributed by atoms with Crippen molar-refractivity contribution in [3.8, 4) is 0 Å². The van der Waals surface area contributed by atoms with Crippen LogP contribution < -0.4 is 10.9 Å². The van der Waals surface area contributed by atoms with Crippen LogP contribution in [0, 0.1) is 5.82 Å². The molecule has 29 heavy (non-hydrogen) atoms. The summed E-state index contributed by atoms with van der Waals surface area (Å²) in [6.07, 6.45) is -4.16. The van der Waals surface area contributed by atoms with E-state index in [0.717, 1.165) is 10.7 Å². The SMILES string of the molecule is CC(C)c1nn(CC(=O)N[C@H]2C[C@@](C)(O)C2)c(=O)c2ccc(C(F)(F)F)c(F)c12. The molecule has 3 rings (SSSR count). The van der Waals surface area contributed by atoms with Gasteiger partial charge in [0.25, 0.3) is 5.56 Å². The van der Waals surface area contributed by atoms with E-state index in [0.29, 0.717) is 18.9 Å². The van der Waals surface area contributed by atoms with Crippen molar-refractivity contribution in [3.05, 3.63) is 39.6 Å². The van der Waals surface area contributed by atoms with Crippen molar-refractivity contribution in [2.24, 2.45) is 0 Å². The van der Waals surface area contributed by atoms with Crippen molar-refractivity contribution < 1.29 is 27.5 Å². The van der Waals surface area contributed by atoms with Crippen LogP contribution in [0.3, 0.4) is 0 Å². The number of halogens is 4. The fourth-order valence-electron chi connectivity index (χ4n) is 3.61. The maximum Gasteiger partial charge on any atom is 0.419 e. The molecule has 1 amide bonds. The highest BCUT2D eigenvalue weighted by Gasteiger charge is 2.39. The van der Waals surface area contributed by atoms with Crippen LogP contribution in [0.1, 0.15) is 50.8 Å². The Morgan fingerprint density at radius 1 is 1.38 bits per heavy atom. The summed E-state index contributed by atoms with van der Waals surface area (Å²) in [6.45, 7) is 4.39. The van der Waals surface area contributed by atoms with Crippen LogP contribution in [0.25, 0.3) is 10.8 Å². The summed E-state index contributed by atoms with van der Waals surface area (Å²) < 4.78 is 54.7. The molecule has 0 saturated heterocycles. The molecule has 1 fully saturated rings. The minimum absolute atomic E-state index is 0.0393. The van der Waals surface area contributed by atoms with Crippen LogP contribution in [-0.4, -0.2) is 32.4 Å². The molecular formula is C19H21F4N3O3. The van der Waals surface area contributed by atoms with Gasteiger partial charge in [-0.3, -0.25) is 9.59 Å². The van der Waals surface area contributed by atoms with Gasteiger partial charge in [-0.15, -0.1) is 0 Å². The molecule has 1 aromatic heterocycles. The average molecular weight is 415 g/mol. The van der Waals surface area contributed by atoms with Crippen LogP contribution in [0.2, 0.25) is 0 Å². The number of carbonyl (C=O) groups is 1. The molecule has 6 nitrogen and oxygen atoms in total. The predicted octanol–water partition coefficient (Wildman–Crippen LogP) is 2.71. The zero-order valence-electron chi connectivity index (χ0n) is 16.1. The number of hydrogen-bond acceptors (Lipinski definition) is 4. The van der Waals surface area contributed by atoms with Crippen LogP contribution in [0.4, 0.5) is 17.6 Å². The first-order valence-electron chi connectivity index (χ1n) is 9.12. The molecule has 0 atom stereocenters. The van der Waals surface area contributed by atoms with Gasteiger partial charge in [0, 0.05) is 11.4 Å².